The van der Waals surface area contributed by atoms with Crippen LogP contribution in [0.3, 0.4) is 0 Å². The van der Waals surface area contributed by atoms with Crippen molar-refractivity contribution in [2.45, 2.75) is 20.4 Å². The molecule has 2 N–H and O–H groups in total. The second kappa shape index (κ2) is 10.7. The summed E-state index contributed by atoms with van der Waals surface area (Å²) in [6.45, 7) is 8.15. The summed E-state index contributed by atoms with van der Waals surface area (Å²) in [5.41, 5.74) is 3.18. The Bertz CT molecular complexity index is 870. The molecule has 1 aliphatic heterocycles. The summed E-state index contributed by atoms with van der Waals surface area (Å²) in [7, 11) is 3.51. The summed E-state index contributed by atoms with van der Waals surface area (Å²) < 4.78 is 5.25. The van der Waals surface area contributed by atoms with Crippen LogP contribution in [-0.2, 0) is 11.3 Å². The first kappa shape index (κ1) is 22.5. The number of guanidine groups is 1. The fourth-order valence-corrected chi connectivity index (χ4v) is 3.48. The van der Waals surface area contributed by atoms with Crippen molar-refractivity contribution in [1.29, 1.82) is 0 Å². The highest BCUT2D eigenvalue weighted by Crippen LogP contribution is 2.20. The molecule has 0 bridgehead atoms. The first-order chi connectivity index (χ1) is 15.0. The predicted octanol–water partition coefficient (Wildman–Crippen LogP) is 3.19. The Kier molecular flexibility index (Phi) is 7.76. The summed E-state index contributed by atoms with van der Waals surface area (Å²) in [5, 5.41) is 6.37. The van der Waals surface area contributed by atoms with Crippen molar-refractivity contribution in [2.24, 2.45) is 10.9 Å². The minimum absolute atomic E-state index is 0.0278. The van der Waals surface area contributed by atoms with Crippen molar-refractivity contribution in [3.63, 3.8) is 0 Å². The first-order valence-corrected chi connectivity index (χ1v) is 10.7. The zero-order valence-electron chi connectivity index (χ0n) is 18.9. The van der Waals surface area contributed by atoms with Gasteiger partial charge in [0.1, 0.15) is 5.75 Å². The third-order valence-corrected chi connectivity index (χ3v) is 5.43. The number of anilines is 2. The van der Waals surface area contributed by atoms with Gasteiger partial charge in [-0.25, -0.2) is 0 Å². The summed E-state index contributed by atoms with van der Waals surface area (Å²) >= 11 is 0. The van der Waals surface area contributed by atoms with Gasteiger partial charge in [0.15, 0.2) is 5.96 Å². The normalized spacial score (nSPS) is 14.5. The number of aliphatic imine (C=N–C) groups is 1. The van der Waals surface area contributed by atoms with Gasteiger partial charge in [0, 0.05) is 57.1 Å². The monoisotopic (exact) mass is 423 g/mol. The SMILES string of the molecule is CN=C(NCc1ccc(NC(=O)C(C)C)cc1)N1CCN(c2ccc(OC)cc2)CC1. The molecule has 7 heteroatoms. The number of ether oxygens (including phenoxy) is 1. The van der Waals surface area contributed by atoms with Gasteiger partial charge in [0.05, 0.1) is 7.11 Å². The minimum atomic E-state index is -0.0325. The number of hydrogen-bond acceptors (Lipinski definition) is 4. The standard InChI is InChI=1S/C24H33N5O2/c1-18(2)23(30)27-20-7-5-19(6-8-20)17-26-24(25-3)29-15-13-28(14-16-29)21-9-11-22(31-4)12-10-21/h5-12,18H,13-17H2,1-4H3,(H,25,26)(H,27,30). The van der Waals surface area contributed by atoms with E-state index in [9.17, 15) is 4.79 Å². The van der Waals surface area contributed by atoms with Crippen molar-refractivity contribution >= 4 is 23.2 Å². The van der Waals surface area contributed by atoms with Gasteiger partial charge in [-0.2, -0.15) is 0 Å². The molecular formula is C24H33N5O2. The van der Waals surface area contributed by atoms with Gasteiger partial charge in [-0.05, 0) is 42.0 Å². The maximum absolute atomic E-state index is 11.8. The number of carbonyl (C=O) groups excluding carboxylic acids is 1. The fourth-order valence-electron chi connectivity index (χ4n) is 3.48. The number of rotatable bonds is 6. The lowest BCUT2D eigenvalue weighted by atomic mass is 10.1. The highest BCUT2D eigenvalue weighted by atomic mass is 16.5. The Morgan fingerprint density at radius 2 is 1.68 bits per heavy atom. The molecule has 2 aromatic rings. The molecule has 1 aliphatic rings. The third-order valence-electron chi connectivity index (χ3n) is 5.43. The Hall–Kier alpha value is -3.22. The quantitative estimate of drug-likeness (QED) is 0.552. The van der Waals surface area contributed by atoms with Gasteiger partial charge in [-0.15, -0.1) is 0 Å². The van der Waals surface area contributed by atoms with E-state index in [1.807, 2.05) is 57.3 Å². The molecule has 0 spiro atoms. The van der Waals surface area contributed by atoms with Crippen molar-refractivity contribution in [1.82, 2.24) is 10.2 Å². The van der Waals surface area contributed by atoms with Crippen LogP contribution in [0.5, 0.6) is 5.75 Å². The number of hydrogen-bond donors (Lipinski definition) is 2. The van der Waals surface area contributed by atoms with Crippen molar-refractivity contribution < 1.29 is 9.53 Å². The highest BCUT2D eigenvalue weighted by Gasteiger charge is 2.19. The maximum atomic E-state index is 11.8. The van der Waals surface area contributed by atoms with E-state index in [1.54, 1.807) is 7.11 Å². The van der Waals surface area contributed by atoms with Crippen LogP contribution in [0.25, 0.3) is 0 Å². The van der Waals surface area contributed by atoms with Crippen LogP contribution in [0.4, 0.5) is 11.4 Å². The van der Waals surface area contributed by atoms with Gasteiger partial charge in [-0.3, -0.25) is 9.79 Å². The molecular weight excluding hydrogens is 390 g/mol. The number of methoxy groups -OCH3 is 1. The predicted molar refractivity (Wildman–Crippen MR) is 127 cm³/mol. The van der Waals surface area contributed by atoms with E-state index in [4.69, 9.17) is 4.74 Å². The van der Waals surface area contributed by atoms with Crippen LogP contribution >= 0.6 is 0 Å². The molecule has 3 rings (SSSR count). The zero-order valence-corrected chi connectivity index (χ0v) is 18.9. The van der Waals surface area contributed by atoms with Crippen molar-refractivity contribution in [3.8, 4) is 5.75 Å². The number of amides is 1. The molecule has 1 fully saturated rings. The first-order valence-electron chi connectivity index (χ1n) is 10.7. The average molecular weight is 424 g/mol. The molecule has 31 heavy (non-hydrogen) atoms. The van der Waals surface area contributed by atoms with E-state index < -0.39 is 0 Å². The molecule has 0 unspecified atom stereocenters. The van der Waals surface area contributed by atoms with Crippen molar-refractivity contribution in [3.05, 3.63) is 54.1 Å². The van der Waals surface area contributed by atoms with Crippen LogP contribution in [0, 0.1) is 5.92 Å². The molecule has 7 nitrogen and oxygen atoms in total. The van der Waals surface area contributed by atoms with Gasteiger partial charge in [0.2, 0.25) is 5.91 Å². The summed E-state index contributed by atoms with van der Waals surface area (Å²) in [6, 6.07) is 16.1. The highest BCUT2D eigenvalue weighted by molar-refractivity contribution is 5.92. The number of nitrogens with one attached hydrogen (secondary N) is 2. The van der Waals surface area contributed by atoms with E-state index in [0.717, 1.165) is 49.1 Å². The van der Waals surface area contributed by atoms with Crippen LogP contribution in [0.2, 0.25) is 0 Å². The van der Waals surface area contributed by atoms with E-state index >= 15 is 0 Å². The molecule has 2 aromatic carbocycles. The Morgan fingerprint density at radius 3 is 2.23 bits per heavy atom. The lowest BCUT2D eigenvalue weighted by Crippen LogP contribution is -2.52. The largest absolute Gasteiger partial charge is 0.497 e. The number of carbonyl (C=O) groups is 1. The van der Waals surface area contributed by atoms with E-state index in [0.29, 0.717) is 6.54 Å². The molecule has 0 aliphatic carbocycles. The lowest BCUT2D eigenvalue weighted by molar-refractivity contribution is -0.118. The Labute approximate surface area is 185 Å². The molecule has 0 aromatic heterocycles. The second-order valence-electron chi connectivity index (χ2n) is 7.91. The Morgan fingerprint density at radius 1 is 1.03 bits per heavy atom. The summed E-state index contributed by atoms with van der Waals surface area (Å²) in [6.07, 6.45) is 0. The van der Waals surface area contributed by atoms with Crippen molar-refractivity contribution in [2.75, 3.05) is 50.6 Å². The Balaban J connectivity index is 1.49. The molecule has 166 valence electrons. The lowest BCUT2D eigenvalue weighted by Gasteiger charge is -2.37. The zero-order chi connectivity index (χ0) is 22.2. The van der Waals surface area contributed by atoms with Gasteiger partial charge in [0.25, 0.3) is 0 Å². The number of nitrogens with zero attached hydrogens (tertiary/aromatic N) is 3. The topological polar surface area (TPSA) is 69.2 Å². The van der Waals surface area contributed by atoms with Gasteiger partial charge < -0.3 is 25.2 Å². The third kappa shape index (κ3) is 6.13. The summed E-state index contributed by atoms with van der Waals surface area (Å²) in [5.74, 6) is 1.78. The molecule has 1 saturated heterocycles. The molecule has 0 saturated carbocycles. The van der Waals surface area contributed by atoms with Crippen LogP contribution in [-0.4, -0.2) is 57.1 Å². The van der Waals surface area contributed by atoms with E-state index in [-0.39, 0.29) is 11.8 Å². The van der Waals surface area contributed by atoms with Gasteiger partial charge in [-0.1, -0.05) is 26.0 Å². The van der Waals surface area contributed by atoms with E-state index in [1.165, 1.54) is 5.69 Å². The average Bonchev–Trinajstić information content (AvgIpc) is 2.81. The van der Waals surface area contributed by atoms with Crippen LogP contribution < -0.4 is 20.3 Å². The molecule has 0 radical (unpaired) electrons. The smallest absolute Gasteiger partial charge is 0.226 e. The minimum Gasteiger partial charge on any atom is -0.497 e. The van der Waals surface area contributed by atoms with Crippen LogP contribution in [0.15, 0.2) is 53.5 Å². The number of benzene rings is 2. The second-order valence-corrected chi connectivity index (χ2v) is 7.91. The molecule has 1 heterocycles. The molecule has 1 amide bonds. The fraction of sp³-hybridized carbons (Fsp3) is 0.417. The number of piperazine rings is 1. The maximum Gasteiger partial charge on any atom is 0.226 e. The molecule has 0 atom stereocenters. The van der Waals surface area contributed by atoms with Gasteiger partial charge >= 0.3 is 0 Å². The summed E-state index contributed by atoms with van der Waals surface area (Å²) in [4.78, 5) is 20.9. The van der Waals surface area contributed by atoms with Crippen LogP contribution in [0.1, 0.15) is 19.4 Å². The van der Waals surface area contributed by atoms with E-state index in [2.05, 4.69) is 37.6 Å².